The van der Waals surface area contributed by atoms with Gasteiger partial charge in [0, 0.05) is 50.7 Å². The van der Waals surface area contributed by atoms with Crippen LogP contribution >= 0.6 is 0 Å². The number of hydrogen-bond acceptors (Lipinski definition) is 4. The van der Waals surface area contributed by atoms with Crippen LogP contribution in [0.1, 0.15) is 47.5 Å². The number of carbonyl (C=O) groups excluding carboxylic acids is 1. The minimum absolute atomic E-state index is 0.0720. The van der Waals surface area contributed by atoms with Crippen LogP contribution in [0.2, 0.25) is 0 Å². The Morgan fingerprint density at radius 2 is 1.79 bits per heavy atom. The summed E-state index contributed by atoms with van der Waals surface area (Å²) in [5.41, 5.74) is 0. The Labute approximate surface area is 149 Å². The third kappa shape index (κ3) is 6.69. The number of carbonyl (C=O) groups is 1. The van der Waals surface area contributed by atoms with Gasteiger partial charge in [-0.1, -0.05) is 27.2 Å². The molecule has 1 rings (SSSR count). The summed E-state index contributed by atoms with van der Waals surface area (Å²) in [5.74, 6) is 1.30. The fourth-order valence-corrected chi connectivity index (χ4v) is 3.60. The predicted molar refractivity (Wildman–Crippen MR) is 102 cm³/mol. The molecule has 5 nitrogen and oxygen atoms in total. The topological polar surface area (TPSA) is 56.4 Å². The average molecular weight is 341 g/mol. The lowest BCUT2D eigenvalue weighted by atomic mass is 9.91. The molecular formula is C19H40N4O. The standard InChI is InChI=1S/C19H40N4O/c1-7-18(17(5)23-10-8-21-9-11-23)13-22-19(24)15(3)12-14(2)16(4)20-6/h14-18,20-21H,7-13H2,1-6H3,(H,22,24)/t14?,15?,16-,17?,18?/m1/s1. The van der Waals surface area contributed by atoms with Crippen LogP contribution in [-0.2, 0) is 4.79 Å². The van der Waals surface area contributed by atoms with Crippen LogP contribution in [0.15, 0.2) is 0 Å². The van der Waals surface area contributed by atoms with Gasteiger partial charge in [-0.05, 0) is 39.2 Å². The molecule has 5 heteroatoms. The van der Waals surface area contributed by atoms with Crippen molar-refractivity contribution in [3.63, 3.8) is 0 Å². The second-order valence-electron chi connectivity index (χ2n) is 7.63. The van der Waals surface area contributed by atoms with Gasteiger partial charge in [0.2, 0.25) is 5.91 Å². The highest BCUT2D eigenvalue weighted by molar-refractivity contribution is 5.78. The van der Waals surface area contributed by atoms with Crippen molar-refractivity contribution < 1.29 is 4.79 Å². The van der Waals surface area contributed by atoms with Crippen LogP contribution in [-0.4, -0.2) is 62.7 Å². The molecule has 0 spiro atoms. The summed E-state index contributed by atoms with van der Waals surface area (Å²) in [4.78, 5) is 15.0. The van der Waals surface area contributed by atoms with E-state index in [4.69, 9.17) is 0 Å². The van der Waals surface area contributed by atoms with E-state index in [1.54, 1.807) is 0 Å². The van der Waals surface area contributed by atoms with Crippen molar-refractivity contribution in [3.05, 3.63) is 0 Å². The largest absolute Gasteiger partial charge is 0.356 e. The molecule has 4 unspecified atom stereocenters. The van der Waals surface area contributed by atoms with Crippen LogP contribution in [0.25, 0.3) is 0 Å². The number of nitrogens with one attached hydrogen (secondary N) is 3. The van der Waals surface area contributed by atoms with Crippen LogP contribution in [0, 0.1) is 17.8 Å². The lowest BCUT2D eigenvalue weighted by molar-refractivity contribution is -0.125. The SMILES string of the molecule is CCC(CNC(=O)C(C)CC(C)[C@@H](C)NC)C(C)N1CCNCC1. The summed E-state index contributed by atoms with van der Waals surface area (Å²) in [7, 11) is 1.98. The normalized spacial score (nSPS) is 22.4. The molecule has 1 heterocycles. The van der Waals surface area contributed by atoms with Crippen LogP contribution in [0.3, 0.4) is 0 Å². The van der Waals surface area contributed by atoms with Crippen molar-refractivity contribution in [1.29, 1.82) is 0 Å². The monoisotopic (exact) mass is 340 g/mol. The lowest BCUT2D eigenvalue weighted by Crippen LogP contribution is -2.51. The van der Waals surface area contributed by atoms with Crippen molar-refractivity contribution in [3.8, 4) is 0 Å². The third-order valence-electron chi connectivity index (χ3n) is 5.95. The summed E-state index contributed by atoms with van der Waals surface area (Å²) >= 11 is 0. The van der Waals surface area contributed by atoms with Crippen LogP contribution in [0.4, 0.5) is 0 Å². The second kappa shape index (κ2) is 11.1. The van der Waals surface area contributed by atoms with E-state index in [9.17, 15) is 4.79 Å². The van der Waals surface area contributed by atoms with E-state index in [0.29, 0.717) is 23.9 Å². The maximum atomic E-state index is 12.5. The summed E-state index contributed by atoms with van der Waals surface area (Å²) in [6.07, 6.45) is 2.03. The fraction of sp³-hybridized carbons (Fsp3) is 0.947. The first-order valence-electron chi connectivity index (χ1n) is 9.80. The molecule has 1 amide bonds. The van der Waals surface area contributed by atoms with E-state index in [2.05, 4.69) is 55.5 Å². The zero-order chi connectivity index (χ0) is 18.1. The quantitative estimate of drug-likeness (QED) is 0.566. The Balaban J connectivity index is 2.41. The van der Waals surface area contributed by atoms with Crippen molar-refractivity contribution in [2.75, 3.05) is 39.8 Å². The first-order valence-corrected chi connectivity index (χ1v) is 9.80. The maximum Gasteiger partial charge on any atom is 0.222 e. The molecule has 0 saturated carbocycles. The summed E-state index contributed by atoms with van der Waals surface area (Å²) in [6, 6.07) is 0.965. The maximum absolute atomic E-state index is 12.5. The number of nitrogens with zero attached hydrogens (tertiary/aromatic N) is 1. The van der Waals surface area contributed by atoms with Gasteiger partial charge in [-0.2, -0.15) is 0 Å². The summed E-state index contributed by atoms with van der Waals surface area (Å²) in [6.45, 7) is 16.2. The Hall–Kier alpha value is -0.650. The fourth-order valence-electron chi connectivity index (χ4n) is 3.60. The van der Waals surface area contributed by atoms with E-state index >= 15 is 0 Å². The molecule has 1 saturated heterocycles. The van der Waals surface area contributed by atoms with Gasteiger partial charge in [0.15, 0.2) is 0 Å². The van der Waals surface area contributed by atoms with Gasteiger partial charge in [-0.25, -0.2) is 0 Å². The highest BCUT2D eigenvalue weighted by Gasteiger charge is 2.25. The second-order valence-corrected chi connectivity index (χ2v) is 7.63. The highest BCUT2D eigenvalue weighted by atomic mass is 16.1. The molecule has 1 aliphatic rings. The zero-order valence-corrected chi connectivity index (χ0v) is 16.7. The molecule has 142 valence electrons. The Morgan fingerprint density at radius 3 is 2.33 bits per heavy atom. The van der Waals surface area contributed by atoms with Gasteiger partial charge in [0.25, 0.3) is 0 Å². The van der Waals surface area contributed by atoms with Crippen molar-refractivity contribution in [2.24, 2.45) is 17.8 Å². The number of hydrogen-bond donors (Lipinski definition) is 3. The van der Waals surface area contributed by atoms with E-state index < -0.39 is 0 Å². The van der Waals surface area contributed by atoms with E-state index in [0.717, 1.165) is 45.6 Å². The number of piperazine rings is 1. The minimum atomic E-state index is 0.0720. The molecule has 0 aliphatic carbocycles. The van der Waals surface area contributed by atoms with Crippen molar-refractivity contribution in [2.45, 2.75) is 59.5 Å². The smallest absolute Gasteiger partial charge is 0.222 e. The molecule has 1 aliphatic heterocycles. The Kier molecular flexibility index (Phi) is 9.86. The van der Waals surface area contributed by atoms with Gasteiger partial charge < -0.3 is 16.0 Å². The molecule has 0 aromatic heterocycles. The molecule has 0 bridgehead atoms. The van der Waals surface area contributed by atoms with E-state index in [1.807, 2.05) is 7.05 Å². The van der Waals surface area contributed by atoms with Gasteiger partial charge in [0.1, 0.15) is 0 Å². The van der Waals surface area contributed by atoms with Gasteiger partial charge in [0.05, 0.1) is 0 Å². The molecule has 24 heavy (non-hydrogen) atoms. The third-order valence-corrected chi connectivity index (χ3v) is 5.95. The van der Waals surface area contributed by atoms with E-state index in [-0.39, 0.29) is 11.8 Å². The van der Waals surface area contributed by atoms with Crippen molar-refractivity contribution in [1.82, 2.24) is 20.9 Å². The van der Waals surface area contributed by atoms with Crippen LogP contribution in [0.5, 0.6) is 0 Å². The first kappa shape index (κ1) is 21.4. The predicted octanol–water partition coefficient (Wildman–Crippen LogP) is 1.69. The Bertz CT molecular complexity index is 357. The van der Waals surface area contributed by atoms with Gasteiger partial charge >= 0.3 is 0 Å². The zero-order valence-electron chi connectivity index (χ0n) is 16.7. The summed E-state index contributed by atoms with van der Waals surface area (Å²) < 4.78 is 0. The average Bonchev–Trinajstić information content (AvgIpc) is 2.61. The van der Waals surface area contributed by atoms with Gasteiger partial charge in [-0.3, -0.25) is 9.69 Å². The van der Waals surface area contributed by atoms with Crippen LogP contribution < -0.4 is 16.0 Å². The molecule has 3 N–H and O–H groups in total. The number of amides is 1. The highest BCUT2D eigenvalue weighted by Crippen LogP contribution is 2.17. The first-order chi connectivity index (χ1) is 11.4. The molecule has 5 atom stereocenters. The minimum Gasteiger partial charge on any atom is -0.356 e. The molecule has 0 aromatic carbocycles. The van der Waals surface area contributed by atoms with Gasteiger partial charge in [-0.15, -0.1) is 0 Å². The number of rotatable bonds is 10. The molecular weight excluding hydrogens is 300 g/mol. The van der Waals surface area contributed by atoms with E-state index in [1.165, 1.54) is 0 Å². The lowest BCUT2D eigenvalue weighted by Gasteiger charge is -2.37. The summed E-state index contributed by atoms with van der Waals surface area (Å²) in [5, 5.41) is 9.90. The Morgan fingerprint density at radius 1 is 1.17 bits per heavy atom. The molecule has 1 fully saturated rings. The molecule has 0 radical (unpaired) electrons. The molecule has 0 aromatic rings. The van der Waals surface area contributed by atoms with Crippen molar-refractivity contribution >= 4 is 5.91 Å².